The van der Waals surface area contributed by atoms with Gasteiger partial charge in [-0.15, -0.1) is 21.5 Å². The molecule has 22 heavy (non-hydrogen) atoms. The van der Waals surface area contributed by atoms with Crippen molar-refractivity contribution in [3.05, 3.63) is 32.4 Å². The van der Waals surface area contributed by atoms with Crippen LogP contribution in [0.1, 0.15) is 39.1 Å². The molecular formula is C14H12N4OS3. The van der Waals surface area contributed by atoms with E-state index in [0.717, 1.165) is 21.3 Å². The van der Waals surface area contributed by atoms with E-state index in [2.05, 4.69) is 20.5 Å². The average molecular weight is 348 g/mol. The van der Waals surface area contributed by atoms with Crippen molar-refractivity contribution < 1.29 is 4.79 Å². The molecule has 1 N–H and O–H groups in total. The van der Waals surface area contributed by atoms with Gasteiger partial charge in [0.25, 0.3) is 5.91 Å². The van der Waals surface area contributed by atoms with Crippen molar-refractivity contribution in [1.29, 1.82) is 0 Å². The van der Waals surface area contributed by atoms with Gasteiger partial charge in [0.15, 0.2) is 0 Å². The molecule has 0 atom stereocenters. The fraction of sp³-hybridized carbons (Fsp3) is 0.286. The van der Waals surface area contributed by atoms with E-state index in [9.17, 15) is 4.79 Å². The topological polar surface area (TPSA) is 67.8 Å². The summed E-state index contributed by atoms with van der Waals surface area (Å²) in [7, 11) is 0. The summed E-state index contributed by atoms with van der Waals surface area (Å²) in [6, 6.07) is 2.01. The van der Waals surface area contributed by atoms with Crippen molar-refractivity contribution in [2.45, 2.75) is 25.7 Å². The average Bonchev–Trinajstić information content (AvgIpc) is 2.94. The highest BCUT2D eigenvalue weighted by molar-refractivity contribution is 7.18. The third-order valence-corrected chi connectivity index (χ3v) is 6.25. The van der Waals surface area contributed by atoms with Crippen LogP contribution in [0.2, 0.25) is 0 Å². The normalized spacial score (nSPS) is 14.2. The Hall–Kier alpha value is -1.64. The Kier molecular flexibility index (Phi) is 3.51. The van der Waals surface area contributed by atoms with Crippen LogP contribution in [0.25, 0.3) is 10.6 Å². The van der Waals surface area contributed by atoms with Gasteiger partial charge in [0.2, 0.25) is 5.13 Å². The van der Waals surface area contributed by atoms with Gasteiger partial charge in [-0.25, -0.2) is 4.98 Å². The van der Waals surface area contributed by atoms with Gasteiger partial charge in [0, 0.05) is 16.9 Å². The van der Waals surface area contributed by atoms with Crippen molar-refractivity contribution in [3.63, 3.8) is 0 Å². The molecule has 0 bridgehead atoms. The van der Waals surface area contributed by atoms with Gasteiger partial charge < -0.3 is 0 Å². The third-order valence-electron chi connectivity index (χ3n) is 3.36. The smallest absolute Gasteiger partial charge is 0.269 e. The highest BCUT2D eigenvalue weighted by Gasteiger charge is 2.28. The number of hydrogen-bond acceptors (Lipinski definition) is 7. The Morgan fingerprint density at radius 3 is 2.91 bits per heavy atom. The second kappa shape index (κ2) is 5.53. The lowest BCUT2D eigenvalue weighted by Crippen LogP contribution is -2.11. The summed E-state index contributed by atoms with van der Waals surface area (Å²) in [6.45, 7) is 1.86. The molecule has 1 amide bonds. The molecule has 0 aromatic carbocycles. The molecule has 3 aromatic rings. The van der Waals surface area contributed by atoms with E-state index >= 15 is 0 Å². The first-order valence-corrected chi connectivity index (χ1v) is 9.43. The molecule has 112 valence electrons. The quantitative estimate of drug-likeness (QED) is 0.769. The monoisotopic (exact) mass is 348 g/mol. The maximum absolute atomic E-state index is 12.4. The first-order valence-electron chi connectivity index (χ1n) is 6.85. The molecule has 8 heteroatoms. The zero-order chi connectivity index (χ0) is 15.1. The van der Waals surface area contributed by atoms with Crippen LogP contribution in [0.3, 0.4) is 0 Å². The molecule has 0 spiro atoms. The van der Waals surface area contributed by atoms with Crippen molar-refractivity contribution >= 4 is 45.0 Å². The van der Waals surface area contributed by atoms with Crippen molar-refractivity contribution in [1.82, 2.24) is 15.2 Å². The Morgan fingerprint density at radius 1 is 1.32 bits per heavy atom. The summed E-state index contributed by atoms with van der Waals surface area (Å²) >= 11 is 4.50. The van der Waals surface area contributed by atoms with Crippen LogP contribution >= 0.6 is 34.0 Å². The number of amides is 1. The third kappa shape index (κ3) is 2.69. The second-order valence-electron chi connectivity index (χ2n) is 5.12. The lowest BCUT2D eigenvalue weighted by molar-refractivity contribution is 0.102. The minimum atomic E-state index is -0.157. The predicted octanol–water partition coefficient (Wildman–Crippen LogP) is 4.16. The van der Waals surface area contributed by atoms with Crippen LogP contribution in [-0.2, 0) is 0 Å². The van der Waals surface area contributed by atoms with Crippen LogP contribution in [0, 0.1) is 6.92 Å². The Balaban J connectivity index is 1.54. The van der Waals surface area contributed by atoms with E-state index in [1.54, 1.807) is 11.3 Å². The van der Waals surface area contributed by atoms with Crippen LogP contribution < -0.4 is 5.32 Å². The number of rotatable bonds is 4. The molecule has 1 fully saturated rings. The predicted molar refractivity (Wildman–Crippen MR) is 90.0 cm³/mol. The zero-order valence-corrected chi connectivity index (χ0v) is 14.1. The first kappa shape index (κ1) is 14.0. The van der Waals surface area contributed by atoms with Gasteiger partial charge in [0.1, 0.15) is 14.9 Å². The lowest BCUT2D eigenvalue weighted by atomic mass is 10.3. The summed E-state index contributed by atoms with van der Waals surface area (Å²) in [5.41, 5.74) is 1.81. The summed E-state index contributed by atoms with van der Waals surface area (Å²) in [5.74, 6) is 0.397. The number of aryl methyl sites for hydroxylation is 1. The number of nitrogens with one attached hydrogen (secondary N) is 1. The summed E-state index contributed by atoms with van der Waals surface area (Å²) in [4.78, 5) is 17.5. The lowest BCUT2D eigenvalue weighted by Gasteiger charge is -1.97. The number of hydrogen-bond donors (Lipinski definition) is 1. The van der Waals surface area contributed by atoms with Crippen LogP contribution in [0.15, 0.2) is 16.8 Å². The van der Waals surface area contributed by atoms with Crippen LogP contribution in [0.5, 0.6) is 0 Å². The molecule has 1 aliphatic rings. The standard InChI is InChI=1S/C14H12N4OS3/c1-7-10(21-12(15-7)9-4-5-20-6-9)11(19)16-14-18-17-13(22-14)8-2-3-8/h4-6,8H,2-3H2,1H3,(H,16,18,19). The van der Waals surface area contributed by atoms with Gasteiger partial charge in [-0.1, -0.05) is 11.3 Å². The van der Waals surface area contributed by atoms with Crippen molar-refractivity contribution in [2.24, 2.45) is 0 Å². The zero-order valence-electron chi connectivity index (χ0n) is 11.7. The SMILES string of the molecule is Cc1nc(-c2ccsc2)sc1C(=O)Nc1nnc(C2CC2)s1. The summed E-state index contributed by atoms with van der Waals surface area (Å²) in [5, 5.41) is 17.5. The number of thiophene rings is 1. The minimum Gasteiger partial charge on any atom is -0.296 e. The number of thiazole rings is 1. The molecule has 4 rings (SSSR count). The molecule has 0 unspecified atom stereocenters. The Bertz CT molecular complexity index is 817. The molecule has 0 aliphatic heterocycles. The van der Waals surface area contributed by atoms with Crippen molar-refractivity contribution in [3.8, 4) is 10.6 Å². The number of nitrogens with zero attached hydrogens (tertiary/aromatic N) is 3. The first-order chi connectivity index (χ1) is 10.7. The van der Waals surface area contributed by atoms with Gasteiger partial charge in [-0.05, 0) is 31.2 Å². The largest absolute Gasteiger partial charge is 0.296 e. The highest BCUT2D eigenvalue weighted by atomic mass is 32.1. The van der Waals surface area contributed by atoms with E-state index in [1.165, 1.54) is 35.5 Å². The van der Waals surface area contributed by atoms with Gasteiger partial charge >= 0.3 is 0 Å². The van der Waals surface area contributed by atoms with Gasteiger partial charge in [-0.3, -0.25) is 10.1 Å². The Labute approximate surface area is 139 Å². The van der Waals surface area contributed by atoms with Crippen molar-refractivity contribution in [2.75, 3.05) is 5.32 Å². The minimum absolute atomic E-state index is 0.157. The molecule has 1 saturated carbocycles. The summed E-state index contributed by atoms with van der Waals surface area (Å²) in [6.07, 6.45) is 2.36. The highest BCUT2D eigenvalue weighted by Crippen LogP contribution is 2.42. The van der Waals surface area contributed by atoms with E-state index in [0.29, 0.717) is 15.9 Å². The van der Waals surface area contributed by atoms with E-state index in [-0.39, 0.29) is 5.91 Å². The van der Waals surface area contributed by atoms with E-state index in [1.807, 2.05) is 23.8 Å². The van der Waals surface area contributed by atoms with Gasteiger partial charge in [-0.2, -0.15) is 11.3 Å². The fourth-order valence-electron chi connectivity index (χ4n) is 2.05. The molecule has 1 aliphatic carbocycles. The number of carbonyl (C=O) groups is 1. The maximum Gasteiger partial charge on any atom is 0.269 e. The molecule has 0 saturated heterocycles. The number of aromatic nitrogens is 3. The van der Waals surface area contributed by atoms with E-state index in [4.69, 9.17) is 0 Å². The van der Waals surface area contributed by atoms with Crippen LogP contribution in [-0.4, -0.2) is 21.1 Å². The maximum atomic E-state index is 12.4. The van der Waals surface area contributed by atoms with Gasteiger partial charge in [0.05, 0.1) is 5.69 Å². The summed E-state index contributed by atoms with van der Waals surface area (Å²) < 4.78 is 0. The molecule has 5 nitrogen and oxygen atoms in total. The van der Waals surface area contributed by atoms with Crippen LogP contribution in [0.4, 0.5) is 5.13 Å². The fourth-order valence-corrected chi connectivity index (χ4v) is 4.63. The molecule has 3 heterocycles. The van der Waals surface area contributed by atoms with E-state index < -0.39 is 0 Å². The Morgan fingerprint density at radius 2 is 2.18 bits per heavy atom. The molecule has 3 aromatic heterocycles. The number of carbonyl (C=O) groups excluding carboxylic acids is 1. The second-order valence-corrected chi connectivity index (χ2v) is 7.91. The molecule has 0 radical (unpaired) electrons. The number of anilines is 1. The molecular weight excluding hydrogens is 336 g/mol.